The monoisotopic (exact) mass is 196 g/mol. The van der Waals surface area contributed by atoms with Gasteiger partial charge in [0.15, 0.2) is 0 Å². The molecule has 0 aliphatic rings. The minimum atomic E-state index is 0.727. The van der Waals surface area contributed by atoms with E-state index in [2.05, 4.69) is 29.7 Å². The van der Waals surface area contributed by atoms with Gasteiger partial charge in [-0.3, -0.25) is 5.10 Å². The zero-order chi connectivity index (χ0) is 9.52. The molecule has 0 spiro atoms. The molecule has 1 rings (SSSR count). The summed E-state index contributed by atoms with van der Waals surface area (Å²) in [5, 5.41) is 14.7. The number of hydrogen-bond donors (Lipinski definition) is 1. The first-order valence-corrected chi connectivity index (χ1v) is 4.93. The minimum absolute atomic E-state index is 0.727. The van der Waals surface area contributed by atoms with Crippen molar-refractivity contribution in [2.75, 3.05) is 12.7 Å². The predicted octanol–water partition coefficient (Wildman–Crippen LogP) is 2.40. The zero-order valence-electron chi connectivity index (χ0n) is 7.57. The lowest BCUT2D eigenvalue weighted by Crippen LogP contribution is -1.76. The van der Waals surface area contributed by atoms with Crippen LogP contribution < -0.4 is 0 Å². The second kappa shape index (κ2) is 5.60. The Bertz CT molecular complexity index is 303. The fraction of sp³-hybridized carbons (Fsp3) is 0.375. The number of hydrogen-bond acceptors (Lipinski definition) is 3. The maximum atomic E-state index is 4.04. The smallest absolute Gasteiger partial charge is 0.130 e. The van der Waals surface area contributed by atoms with E-state index in [0.29, 0.717) is 0 Å². The Morgan fingerprint density at radius 1 is 1.69 bits per heavy atom. The van der Waals surface area contributed by atoms with Gasteiger partial charge in [-0.05, 0) is 19.2 Å². The number of H-pyrrole nitrogens is 1. The first-order valence-electron chi connectivity index (χ1n) is 4.12. The summed E-state index contributed by atoms with van der Waals surface area (Å²) in [5.41, 5.74) is 1.69. The third kappa shape index (κ3) is 3.07. The van der Waals surface area contributed by atoms with Gasteiger partial charge in [0.2, 0.25) is 0 Å². The number of azo groups is 1. The van der Waals surface area contributed by atoms with Crippen LogP contribution in [0.15, 0.2) is 22.5 Å². The van der Waals surface area contributed by atoms with Crippen molar-refractivity contribution in [3.8, 4) is 0 Å². The summed E-state index contributed by atoms with van der Waals surface area (Å²) in [6, 6.07) is 0. The molecule has 1 aromatic heterocycles. The van der Waals surface area contributed by atoms with Crippen molar-refractivity contribution in [1.82, 2.24) is 10.2 Å². The Morgan fingerprint density at radius 3 is 3.23 bits per heavy atom. The molecule has 0 fully saturated rings. The van der Waals surface area contributed by atoms with Gasteiger partial charge in [0.05, 0.1) is 18.4 Å². The van der Waals surface area contributed by atoms with Crippen molar-refractivity contribution in [3.63, 3.8) is 0 Å². The third-order valence-electron chi connectivity index (χ3n) is 1.39. The number of aromatic amines is 1. The van der Waals surface area contributed by atoms with Gasteiger partial charge in [-0.25, -0.2) is 0 Å². The second-order valence-corrected chi connectivity index (χ2v) is 3.00. The van der Waals surface area contributed by atoms with Crippen molar-refractivity contribution >= 4 is 21.0 Å². The topological polar surface area (TPSA) is 53.4 Å². The Labute approximate surface area is 79.7 Å². The lowest BCUT2D eigenvalue weighted by Gasteiger charge is -1.88. The van der Waals surface area contributed by atoms with Gasteiger partial charge in [-0.15, -0.1) is 9.24 Å². The highest BCUT2D eigenvalue weighted by atomic mass is 31.0. The molecule has 1 N–H and O–H groups in total. The maximum absolute atomic E-state index is 4.04. The van der Waals surface area contributed by atoms with Crippen molar-refractivity contribution in [2.45, 2.75) is 6.92 Å². The summed E-state index contributed by atoms with van der Waals surface area (Å²) in [6.07, 6.45) is 6.45. The van der Waals surface area contributed by atoms with E-state index >= 15 is 0 Å². The van der Waals surface area contributed by atoms with Crippen LogP contribution in [0.3, 0.4) is 0 Å². The first kappa shape index (κ1) is 10.1. The van der Waals surface area contributed by atoms with Crippen LogP contribution in [0.5, 0.6) is 0 Å². The normalized spacial score (nSPS) is 11.8. The molecule has 70 valence electrons. The molecule has 0 aliphatic carbocycles. The molecule has 1 atom stereocenters. The van der Waals surface area contributed by atoms with Crippen LogP contribution in [0.1, 0.15) is 12.6 Å². The van der Waals surface area contributed by atoms with Crippen molar-refractivity contribution in [3.05, 3.63) is 18.0 Å². The highest BCUT2D eigenvalue weighted by molar-refractivity contribution is 7.16. The van der Waals surface area contributed by atoms with Gasteiger partial charge in [-0.1, -0.05) is 6.08 Å². The fourth-order valence-electron chi connectivity index (χ4n) is 0.843. The maximum Gasteiger partial charge on any atom is 0.130 e. The number of rotatable bonds is 4. The van der Waals surface area contributed by atoms with Crippen LogP contribution in [0.2, 0.25) is 0 Å². The Morgan fingerprint density at radius 2 is 2.54 bits per heavy atom. The summed E-state index contributed by atoms with van der Waals surface area (Å²) < 4.78 is 0. The van der Waals surface area contributed by atoms with Gasteiger partial charge < -0.3 is 0 Å². The molecule has 0 bridgehead atoms. The van der Waals surface area contributed by atoms with Crippen LogP contribution in [0, 0.1) is 0 Å². The highest BCUT2D eigenvalue weighted by Gasteiger charge is 1.98. The van der Waals surface area contributed by atoms with E-state index in [0.717, 1.165) is 24.1 Å². The Hall–Kier alpha value is -1.02. The molecule has 0 aromatic carbocycles. The lowest BCUT2D eigenvalue weighted by molar-refractivity contribution is 1.02. The molecule has 0 amide bonds. The second-order valence-electron chi connectivity index (χ2n) is 2.42. The number of aromatic nitrogens is 2. The molecule has 1 heterocycles. The van der Waals surface area contributed by atoms with Gasteiger partial charge >= 0.3 is 0 Å². The zero-order valence-corrected chi connectivity index (χ0v) is 8.72. The average Bonchev–Trinajstić information content (AvgIpc) is 2.54. The van der Waals surface area contributed by atoms with Gasteiger partial charge in [0, 0.05) is 0 Å². The quantitative estimate of drug-likeness (QED) is 0.583. The van der Waals surface area contributed by atoms with E-state index in [9.17, 15) is 0 Å². The number of nitrogens with one attached hydrogen (secondary N) is 1. The summed E-state index contributed by atoms with van der Waals surface area (Å²) in [6.45, 7) is 2.68. The average molecular weight is 196 g/mol. The van der Waals surface area contributed by atoms with E-state index in [1.54, 1.807) is 6.20 Å². The molecule has 0 saturated heterocycles. The summed E-state index contributed by atoms with van der Waals surface area (Å²) in [7, 11) is 2.60. The molecule has 13 heavy (non-hydrogen) atoms. The van der Waals surface area contributed by atoms with Gasteiger partial charge in [0.1, 0.15) is 5.69 Å². The van der Waals surface area contributed by atoms with Crippen LogP contribution in [0.4, 0.5) is 5.69 Å². The van der Waals surface area contributed by atoms with Crippen molar-refractivity contribution in [1.29, 1.82) is 0 Å². The van der Waals surface area contributed by atoms with Gasteiger partial charge in [0.25, 0.3) is 0 Å². The van der Waals surface area contributed by atoms with E-state index in [1.165, 1.54) is 0 Å². The Kier molecular flexibility index (Phi) is 4.33. The molecular weight excluding hydrogens is 183 g/mol. The Balaban J connectivity index is 2.70. The van der Waals surface area contributed by atoms with Gasteiger partial charge in [-0.2, -0.15) is 15.3 Å². The van der Waals surface area contributed by atoms with Crippen molar-refractivity contribution < 1.29 is 0 Å². The van der Waals surface area contributed by atoms with Crippen LogP contribution in [0.25, 0.3) is 6.08 Å². The minimum Gasteiger partial charge on any atom is -0.276 e. The molecule has 0 saturated carbocycles. The summed E-state index contributed by atoms with van der Waals surface area (Å²) >= 11 is 0. The number of allylic oxidation sites excluding steroid dienone is 1. The predicted molar refractivity (Wildman–Crippen MR) is 57.3 cm³/mol. The first-order chi connectivity index (χ1) is 6.38. The highest BCUT2D eigenvalue weighted by Crippen LogP contribution is 2.17. The standard InChI is InChI=1S/C8H13N4P/c1-2-3-7-8(6-10-11-7)12-9-4-5-13/h2-3,6H,4-5,13H2,1H3,(H,10,11)/b3-2-,12-9?. The third-order valence-corrected chi connectivity index (χ3v) is 1.65. The number of nitrogens with zero attached hydrogens (tertiary/aromatic N) is 3. The van der Waals surface area contributed by atoms with E-state index < -0.39 is 0 Å². The van der Waals surface area contributed by atoms with Crippen LogP contribution in [-0.4, -0.2) is 22.9 Å². The van der Waals surface area contributed by atoms with E-state index in [-0.39, 0.29) is 0 Å². The lowest BCUT2D eigenvalue weighted by atomic mass is 10.3. The summed E-state index contributed by atoms with van der Waals surface area (Å²) in [4.78, 5) is 0. The molecule has 1 unspecified atom stereocenters. The largest absolute Gasteiger partial charge is 0.276 e. The molecule has 5 heteroatoms. The van der Waals surface area contributed by atoms with Crippen LogP contribution >= 0.6 is 9.24 Å². The van der Waals surface area contributed by atoms with Crippen molar-refractivity contribution in [2.24, 2.45) is 10.2 Å². The van der Waals surface area contributed by atoms with E-state index in [4.69, 9.17) is 0 Å². The SMILES string of the molecule is C/C=C\c1[nH]ncc1N=NCCP. The van der Waals surface area contributed by atoms with Crippen LogP contribution in [-0.2, 0) is 0 Å². The van der Waals surface area contributed by atoms with E-state index in [1.807, 2.05) is 19.1 Å². The molecule has 4 nitrogen and oxygen atoms in total. The summed E-state index contributed by atoms with van der Waals surface area (Å²) in [5.74, 6) is 0. The molecule has 0 radical (unpaired) electrons. The molecule has 1 aromatic rings. The fourth-order valence-corrected chi connectivity index (χ4v) is 0.958. The molecular formula is C8H13N4P. The molecule has 0 aliphatic heterocycles.